The Morgan fingerprint density at radius 3 is 2.71 bits per heavy atom. The van der Waals surface area contributed by atoms with Gasteiger partial charge in [0.2, 0.25) is 0 Å². The summed E-state index contributed by atoms with van der Waals surface area (Å²) < 4.78 is 2.20. The zero-order chi connectivity index (χ0) is 10.1. The monoisotopic (exact) mass is 188 g/mol. The lowest BCUT2D eigenvalue weighted by Gasteiger charge is -2.12. The van der Waals surface area contributed by atoms with Crippen molar-refractivity contribution < 1.29 is 0 Å². The van der Waals surface area contributed by atoms with Crippen LogP contribution >= 0.6 is 0 Å². The summed E-state index contributed by atoms with van der Waals surface area (Å²) in [6.07, 6.45) is 2.67. The van der Waals surface area contributed by atoms with Crippen molar-refractivity contribution in [1.29, 1.82) is 5.26 Å². The van der Waals surface area contributed by atoms with Crippen LogP contribution in [0.4, 0.5) is 0 Å². The molecule has 1 aromatic rings. The van der Waals surface area contributed by atoms with E-state index in [1.165, 1.54) is 18.5 Å². The molecule has 1 aromatic heterocycles. The number of hydrogen-bond acceptors (Lipinski definition) is 1. The quantitative estimate of drug-likeness (QED) is 0.717. The van der Waals surface area contributed by atoms with Crippen LogP contribution in [0.5, 0.6) is 0 Å². The summed E-state index contributed by atoms with van der Waals surface area (Å²) in [7, 11) is 0. The third kappa shape index (κ3) is 1.68. The molecule has 0 atom stereocenters. The first kappa shape index (κ1) is 9.33. The summed E-state index contributed by atoms with van der Waals surface area (Å²) in [4.78, 5) is 0. The van der Waals surface area contributed by atoms with Gasteiger partial charge >= 0.3 is 0 Å². The molecule has 1 saturated carbocycles. The predicted molar refractivity (Wildman–Crippen MR) is 56.0 cm³/mol. The van der Waals surface area contributed by atoms with E-state index in [0.717, 1.165) is 18.2 Å². The van der Waals surface area contributed by atoms with Gasteiger partial charge in [-0.25, -0.2) is 0 Å². The lowest BCUT2D eigenvalue weighted by Crippen LogP contribution is -2.07. The van der Waals surface area contributed by atoms with Crippen LogP contribution in [0.25, 0.3) is 0 Å². The Bertz CT molecular complexity index is 364. The van der Waals surface area contributed by atoms with Crippen LogP contribution in [0, 0.1) is 17.2 Å². The lowest BCUT2D eigenvalue weighted by molar-refractivity contribution is 0.582. The first-order valence-electron chi connectivity index (χ1n) is 5.32. The van der Waals surface area contributed by atoms with E-state index >= 15 is 0 Å². The third-order valence-corrected chi connectivity index (χ3v) is 2.86. The summed E-state index contributed by atoms with van der Waals surface area (Å²) in [5.41, 5.74) is 2.12. The molecule has 0 unspecified atom stereocenters. The van der Waals surface area contributed by atoms with Gasteiger partial charge in [0, 0.05) is 12.2 Å². The Morgan fingerprint density at radius 2 is 2.21 bits per heavy atom. The Balaban J connectivity index is 2.30. The minimum atomic E-state index is 0.510. The maximum atomic E-state index is 8.98. The fourth-order valence-corrected chi connectivity index (χ4v) is 1.85. The van der Waals surface area contributed by atoms with E-state index < -0.39 is 0 Å². The molecule has 0 saturated heterocycles. The molecule has 2 heteroatoms. The molecule has 0 aromatic carbocycles. The van der Waals surface area contributed by atoms with Crippen LogP contribution in [0.2, 0.25) is 0 Å². The molecule has 0 bridgehead atoms. The molecule has 1 heterocycles. The molecule has 14 heavy (non-hydrogen) atoms. The molecular weight excluding hydrogens is 172 g/mol. The van der Waals surface area contributed by atoms with Crippen LogP contribution < -0.4 is 0 Å². The number of aromatic nitrogens is 1. The van der Waals surface area contributed by atoms with Gasteiger partial charge in [-0.2, -0.15) is 5.26 Å². The molecule has 0 N–H and O–H groups in total. The van der Waals surface area contributed by atoms with E-state index in [1.54, 1.807) is 0 Å². The van der Waals surface area contributed by atoms with Crippen molar-refractivity contribution in [2.24, 2.45) is 5.92 Å². The van der Waals surface area contributed by atoms with Crippen molar-refractivity contribution in [2.75, 3.05) is 0 Å². The maximum Gasteiger partial charge on any atom is 0.120 e. The second-order valence-corrected chi connectivity index (χ2v) is 4.46. The average Bonchev–Trinajstić information content (AvgIpc) is 2.84. The van der Waals surface area contributed by atoms with Crippen molar-refractivity contribution in [3.63, 3.8) is 0 Å². The molecule has 0 aliphatic heterocycles. The first-order valence-corrected chi connectivity index (χ1v) is 5.32. The standard InChI is InChI=1S/C12H16N2/c1-9(2)12-6-5-11(7-13)14(12)8-10-3-4-10/h5-6,9-10H,3-4,8H2,1-2H3. The van der Waals surface area contributed by atoms with Crippen LogP contribution in [0.1, 0.15) is 44.0 Å². The number of nitriles is 1. The van der Waals surface area contributed by atoms with Crippen LogP contribution in [0.15, 0.2) is 12.1 Å². The van der Waals surface area contributed by atoms with E-state index in [4.69, 9.17) is 5.26 Å². The largest absolute Gasteiger partial charge is 0.336 e. The highest BCUT2D eigenvalue weighted by Gasteiger charge is 2.24. The molecule has 1 aliphatic carbocycles. The highest BCUT2D eigenvalue weighted by atomic mass is 15.0. The van der Waals surface area contributed by atoms with Crippen LogP contribution in [-0.2, 0) is 6.54 Å². The number of nitrogens with zero attached hydrogens (tertiary/aromatic N) is 2. The van der Waals surface area contributed by atoms with Gasteiger partial charge in [0.1, 0.15) is 11.8 Å². The molecule has 2 nitrogen and oxygen atoms in total. The zero-order valence-corrected chi connectivity index (χ0v) is 8.83. The SMILES string of the molecule is CC(C)c1ccc(C#N)n1CC1CC1. The summed E-state index contributed by atoms with van der Waals surface area (Å²) in [5, 5.41) is 8.98. The predicted octanol–water partition coefficient (Wildman–Crippen LogP) is 2.89. The molecule has 0 radical (unpaired) electrons. The summed E-state index contributed by atoms with van der Waals surface area (Å²) >= 11 is 0. The fraction of sp³-hybridized carbons (Fsp3) is 0.583. The summed E-state index contributed by atoms with van der Waals surface area (Å²) in [6.45, 7) is 5.41. The zero-order valence-electron chi connectivity index (χ0n) is 8.83. The van der Waals surface area contributed by atoms with Gasteiger partial charge in [0.25, 0.3) is 0 Å². The molecular formula is C12H16N2. The van der Waals surface area contributed by atoms with Gasteiger partial charge in [-0.15, -0.1) is 0 Å². The molecule has 0 amide bonds. The topological polar surface area (TPSA) is 28.7 Å². The van der Waals surface area contributed by atoms with Gasteiger partial charge < -0.3 is 4.57 Å². The molecule has 74 valence electrons. The molecule has 0 spiro atoms. The van der Waals surface area contributed by atoms with Crippen LogP contribution in [-0.4, -0.2) is 4.57 Å². The second kappa shape index (κ2) is 3.49. The van der Waals surface area contributed by atoms with E-state index in [2.05, 4.69) is 30.6 Å². The Labute approximate surface area is 85.2 Å². The van der Waals surface area contributed by atoms with E-state index in [0.29, 0.717) is 5.92 Å². The maximum absolute atomic E-state index is 8.98. The summed E-state index contributed by atoms with van der Waals surface area (Å²) in [6, 6.07) is 6.30. The summed E-state index contributed by atoms with van der Waals surface area (Å²) in [5.74, 6) is 1.34. The second-order valence-electron chi connectivity index (χ2n) is 4.46. The average molecular weight is 188 g/mol. The molecule has 1 aliphatic rings. The Kier molecular flexibility index (Phi) is 2.33. The van der Waals surface area contributed by atoms with Gasteiger partial charge in [-0.05, 0) is 36.8 Å². The van der Waals surface area contributed by atoms with E-state index in [9.17, 15) is 0 Å². The van der Waals surface area contributed by atoms with Gasteiger partial charge in [0.15, 0.2) is 0 Å². The fourth-order valence-electron chi connectivity index (χ4n) is 1.85. The third-order valence-electron chi connectivity index (χ3n) is 2.86. The number of rotatable bonds is 3. The minimum Gasteiger partial charge on any atom is -0.336 e. The lowest BCUT2D eigenvalue weighted by atomic mass is 10.1. The molecule has 2 rings (SSSR count). The molecule has 1 fully saturated rings. The highest BCUT2D eigenvalue weighted by Crippen LogP contribution is 2.32. The minimum absolute atomic E-state index is 0.510. The first-order chi connectivity index (χ1) is 6.72. The van der Waals surface area contributed by atoms with Crippen molar-refractivity contribution in [2.45, 2.75) is 39.2 Å². The number of hydrogen-bond donors (Lipinski definition) is 0. The Morgan fingerprint density at radius 1 is 1.50 bits per heavy atom. The van der Waals surface area contributed by atoms with E-state index in [1.807, 2.05) is 6.07 Å². The van der Waals surface area contributed by atoms with Gasteiger partial charge in [-0.1, -0.05) is 13.8 Å². The van der Waals surface area contributed by atoms with Crippen molar-refractivity contribution >= 4 is 0 Å². The normalized spacial score (nSPS) is 15.9. The van der Waals surface area contributed by atoms with Crippen molar-refractivity contribution in [3.8, 4) is 6.07 Å². The van der Waals surface area contributed by atoms with E-state index in [-0.39, 0.29) is 0 Å². The van der Waals surface area contributed by atoms with Gasteiger partial charge in [-0.3, -0.25) is 0 Å². The Hall–Kier alpha value is -1.23. The highest BCUT2D eigenvalue weighted by molar-refractivity contribution is 5.28. The van der Waals surface area contributed by atoms with Crippen molar-refractivity contribution in [1.82, 2.24) is 4.57 Å². The van der Waals surface area contributed by atoms with Crippen molar-refractivity contribution in [3.05, 3.63) is 23.5 Å². The van der Waals surface area contributed by atoms with Crippen LogP contribution in [0.3, 0.4) is 0 Å². The smallest absolute Gasteiger partial charge is 0.120 e. The van der Waals surface area contributed by atoms with Gasteiger partial charge in [0.05, 0.1) is 0 Å².